The van der Waals surface area contributed by atoms with Crippen LogP contribution in [-0.4, -0.2) is 9.78 Å². The first-order chi connectivity index (χ1) is 8.19. The molecule has 0 radical (unpaired) electrons. The molecule has 0 bridgehead atoms. The van der Waals surface area contributed by atoms with Crippen LogP contribution in [0.2, 0.25) is 0 Å². The molecule has 2 aromatic rings. The first-order valence-corrected chi connectivity index (χ1v) is 6.59. The van der Waals surface area contributed by atoms with E-state index in [1.165, 1.54) is 16.2 Å². The quantitative estimate of drug-likeness (QED) is 0.844. The largest absolute Gasteiger partial charge is 0.326 e. The Hall–Kier alpha value is -1.26. The zero-order valence-electron chi connectivity index (χ0n) is 10.2. The first-order valence-electron chi connectivity index (χ1n) is 5.60. The zero-order chi connectivity index (χ0) is 12.3. The first kappa shape index (κ1) is 12.2. The molecule has 0 atom stereocenters. The lowest BCUT2D eigenvalue weighted by Crippen LogP contribution is -1.97. The van der Waals surface area contributed by atoms with Crippen LogP contribution in [0.25, 0.3) is 0 Å². The fourth-order valence-corrected chi connectivity index (χ4v) is 2.70. The third-order valence-electron chi connectivity index (χ3n) is 2.57. The van der Waals surface area contributed by atoms with Crippen molar-refractivity contribution in [3.05, 3.63) is 47.2 Å². The number of aromatic nitrogens is 2. The van der Waals surface area contributed by atoms with E-state index in [4.69, 9.17) is 5.73 Å². The molecule has 0 aliphatic rings. The van der Waals surface area contributed by atoms with Gasteiger partial charge in [-0.05, 0) is 24.1 Å². The summed E-state index contributed by atoms with van der Waals surface area (Å²) in [5, 5.41) is 5.53. The molecule has 0 unspecified atom stereocenters. The van der Waals surface area contributed by atoms with Crippen molar-refractivity contribution in [3.8, 4) is 0 Å². The van der Waals surface area contributed by atoms with Gasteiger partial charge in [0.25, 0.3) is 0 Å². The molecule has 2 rings (SSSR count). The highest BCUT2D eigenvalue weighted by Crippen LogP contribution is 2.23. The maximum absolute atomic E-state index is 5.63. The standard InChI is InChI=1S/C13H17N3S/c1-10-6-13(16(2)15-10)17-9-12-5-3-4-11(7-12)8-14/h3-7H,8-9,14H2,1-2H3. The number of thioether (sulfide) groups is 1. The van der Waals surface area contributed by atoms with E-state index in [9.17, 15) is 0 Å². The smallest absolute Gasteiger partial charge is 0.0942 e. The number of aryl methyl sites for hydroxylation is 2. The van der Waals surface area contributed by atoms with Crippen LogP contribution in [0.1, 0.15) is 16.8 Å². The molecule has 0 spiro atoms. The van der Waals surface area contributed by atoms with Gasteiger partial charge in [-0.15, -0.1) is 11.8 Å². The van der Waals surface area contributed by atoms with Gasteiger partial charge in [0.05, 0.1) is 10.7 Å². The van der Waals surface area contributed by atoms with E-state index in [-0.39, 0.29) is 0 Å². The second-order valence-electron chi connectivity index (χ2n) is 4.06. The van der Waals surface area contributed by atoms with Crippen LogP contribution in [0.5, 0.6) is 0 Å². The molecule has 0 aliphatic carbocycles. The number of benzene rings is 1. The summed E-state index contributed by atoms with van der Waals surface area (Å²) in [5.74, 6) is 0.951. The Morgan fingerprint density at radius 2 is 2.06 bits per heavy atom. The zero-order valence-corrected chi connectivity index (χ0v) is 11.0. The van der Waals surface area contributed by atoms with Gasteiger partial charge in [-0.2, -0.15) is 5.10 Å². The second-order valence-corrected chi connectivity index (χ2v) is 5.06. The molecule has 0 saturated heterocycles. The Bertz CT molecular complexity index is 505. The van der Waals surface area contributed by atoms with Crippen molar-refractivity contribution in [3.63, 3.8) is 0 Å². The summed E-state index contributed by atoms with van der Waals surface area (Å²) in [6, 6.07) is 10.5. The van der Waals surface area contributed by atoms with Crippen molar-refractivity contribution < 1.29 is 0 Å². The van der Waals surface area contributed by atoms with Gasteiger partial charge in [0, 0.05) is 19.3 Å². The Balaban J connectivity index is 2.04. The number of rotatable bonds is 4. The van der Waals surface area contributed by atoms with E-state index >= 15 is 0 Å². The third-order valence-corrected chi connectivity index (χ3v) is 3.73. The Morgan fingerprint density at radius 3 is 2.71 bits per heavy atom. The average molecular weight is 247 g/mol. The normalized spacial score (nSPS) is 10.8. The lowest BCUT2D eigenvalue weighted by atomic mass is 10.1. The summed E-state index contributed by atoms with van der Waals surface area (Å²) in [6.45, 7) is 2.61. The maximum atomic E-state index is 5.63. The minimum atomic E-state index is 0.601. The Labute approximate surface area is 106 Å². The summed E-state index contributed by atoms with van der Waals surface area (Å²) in [7, 11) is 1.98. The predicted molar refractivity (Wildman–Crippen MR) is 71.8 cm³/mol. The van der Waals surface area contributed by atoms with Crippen molar-refractivity contribution in [1.82, 2.24) is 9.78 Å². The molecule has 0 amide bonds. The molecular formula is C13H17N3S. The predicted octanol–water partition coefficient (Wildman–Crippen LogP) is 2.48. The summed E-state index contributed by atoms with van der Waals surface area (Å²) in [5.41, 5.74) is 9.18. The van der Waals surface area contributed by atoms with E-state index < -0.39 is 0 Å². The molecule has 0 fully saturated rings. The van der Waals surface area contributed by atoms with Gasteiger partial charge in [-0.1, -0.05) is 24.3 Å². The molecule has 4 heteroatoms. The van der Waals surface area contributed by atoms with Gasteiger partial charge < -0.3 is 5.73 Å². The van der Waals surface area contributed by atoms with Gasteiger partial charge in [0.15, 0.2) is 0 Å². The molecule has 17 heavy (non-hydrogen) atoms. The lowest BCUT2D eigenvalue weighted by Gasteiger charge is -2.04. The van der Waals surface area contributed by atoms with E-state index in [2.05, 4.69) is 35.4 Å². The van der Waals surface area contributed by atoms with Crippen molar-refractivity contribution >= 4 is 11.8 Å². The van der Waals surface area contributed by atoms with Crippen LogP contribution in [0.4, 0.5) is 0 Å². The summed E-state index contributed by atoms with van der Waals surface area (Å²) >= 11 is 1.80. The Kier molecular flexibility index (Phi) is 3.86. The molecular weight excluding hydrogens is 230 g/mol. The van der Waals surface area contributed by atoms with E-state index in [1.807, 2.05) is 18.7 Å². The highest BCUT2D eigenvalue weighted by atomic mass is 32.2. The van der Waals surface area contributed by atoms with Crippen LogP contribution in [0.15, 0.2) is 35.4 Å². The van der Waals surface area contributed by atoms with Crippen LogP contribution >= 0.6 is 11.8 Å². The van der Waals surface area contributed by atoms with Gasteiger partial charge in [0.2, 0.25) is 0 Å². The fourth-order valence-electron chi connectivity index (χ4n) is 1.73. The van der Waals surface area contributed by atoms with Crippen molar-refractivity contribution in [1.29, 1.82) is 0 Å². The van der Waals surface area contributed by atoms with Gasteiger partial charge in [-0.3, -0.25) is 4.68 Å². The molecule has 0 saturated carbocycles. The summed E-state index contributed by atoms with van der Waals surface area (Å²) in [4.78, 5) is 0. The van der Waals surface area contributed by atoms with Crippen molar-refractivity contribution in [2.45, 2.75) is 24.2 Å². The number of nitrogens with two attached hydrogens (primary N) is 1. The molecule has 90 valence electrons. The minimum Gasteiger partial charge on any atom is -0.326 e. The fraction of sp³-hybridized carbons (Fsp3) is 0.308. The number of hydrogen-bond donors (Lipinski definition) is 1. The highest BCUT2D eigenvalue weighted by Gasteiger charge is 2.03. The number of nitrogens with zero attached hydrogens (tertiary/aromatic N) is 2. The van der Waals surface area contributed by atoms with Crippen LogP contribution in [0, 0.1) is 6.92 Å². The topological polar surface area (TPSA) is 43.8 Å². The highest BCUT2D eigenvalue weighted by molar-refractivity contribution is 7.98. The van der Waals surface area contributed by atoms with E-state index in [0.29, 0.717) is 6.54 Å². The molecule has 1 aromatic carbocycles. The molecule has 1 aromatic heterocycles. The molecule has 0 aliphatic heterocycles. The van der Waals surface area contributed by atoms with Crippen LogP contribution in [0.3, 0.4) is 0 Å². The minimum absolute atomic E-state index is 0.601. The maximum Gasteiger partial charge on any atom is 0.0942 e. The summed E-state index contributed by atoms with van der Waals surface area (Å²) < 4.78 is 1.92. The van der Waals surface area contributed by atoms with Crippen molar-refractivity contribution in [2.24, 2.45) is 12.8 Å². The number of hydrogen-bond acceptors (Lipinski definition) is 3. The average Bonchev–Trinajstić information content (AvgIpc) is 2.65. The van der Waals surface area contributed by atoms with Crippen molar-refractivity contribution in [2.75, 3.05) is 0 Å². The summed E-state index contributed by atoms with van der Waals surface area (Å²) in [6.07, 6.45) is 0. The van der Waals surface area contributed by atoms with Crippen LogP contribution < -0.4 is 5.73 Å². The molecule has 2 N–H and O–H groups in total. The monoisotopic (exact) mass is 247 g/mol. The Morgan fingerprint density at radius 1 is 1.29 bits per heavy atom. The second kappa shape index (κ2) is 5.38. The lowest BCUT2D eigenvalue weighted by molar-refractivity contribution is 0.692. The third kappa shape index (κ3) is 3.11. The van der Waals surface area contributed by atoms with Crippen LogP contribution in [-0.2, 0) is 19.3 Å². The van der Waals surface area contributed by atoms with Gasteiger partial charge in [-0.25, -0.2) is 0 Å². The van der Waals surface area contributed by atoms with E-state index in [1.54, 1.807) is 11.8 Å². The van der Waals surface area contributed by atoms with Gasteiger partial charge in [0.1, 0.15) is 0 Å². The molecule has 1 heterocycles. The van der Waals surface area contributed by atoms with Gasteiger partial charge >= 0.3 is 0 Å². The van der Waals surface area contributed by atoms with E-state index in [0.717, 1.165) is 11.4 Å². The molecule has 3 nitrogen and oxygen atoms in total. The SMILES string of the molecule is Cc1cc(SCc2cccc(CN)c2)n(C)n1.